The number of imidazole rings is 1. The summed E-state index contributed by atoms with van der Waals surface area (Å²) >= 11 is 0. The lowest BCUT2D eigenvalue weighted by molar-refractivity contribution is 0.527. The molecule has 2 aromatic rings. The van der Waals surface area contributed by atoms with Crippen LogP contribution in [0, 0.1) is 12.7 Å². The van der Waals surface area contributed by atoms with Gasteiger partial charge in [0.1, 0.15) is 16.5 Å². The van der Waals surface area contributed by atoms with Crippen LogP contribution in [0.25, 0.3) is 0 Å². The zero-order valence-corrected chi connectivity index (χ0v) is 12.0. The van der Waals surface area contributed by atoms with E-state index in [1.54, 1.807) is 19.3 Å². The molecule has 1 atom stereocenters. The zero-order valence-electron chi connectivity index (χ0n) is 11.2. The first kappa shape index (κ1) is 14.7. The average Bonchev–Trinajstić information content (AvgIpc) is 2.92. The van der Waals surface area contributed by atoms with Crippen molar-refractivity contribution in [2.24, 2.45) is 0 Å². The van der Waals surface area contributed by atoms with Gasteiger partial charge in [-0.3, -0.25) is 0 Å². The highest BCUT2D eigenvalue weighted by molar-refractivity contribution is 7.89. The summed E-state index contributed by atoms with van der Waals surface area (Å²) in [4.78, 5) is 6.54. The van der Waals surface area contributed by atoms with Crippen LogP contribution in [0.15, 0.2) is 35.5 Å². The van der Waals surface area contributed by atoms with Gasteiger partial charge in [0.25, 0.3) is 0 Å². The summed E-state index contributed by atoms with van der Waals surface area (Å²) in [5, 5.41) is 0. The molecule has 1 aromatic carbocycles. The normalized spacial score (nSPS) is 13.3. The van der Waals surface area contributed by atoms with Crippen LogP contribution >= 0.6 is 0 Å². The first-order valence-corrected chi connectivity index (χ1v) is 7.70. The number of aromatic amines is 1. The third kappa shape index (κ3) is 3.05. The van der Waals surface area contributed by atoms with E-state index >= 15 is 0 Å². The molecule has 1 unspecified atom stereocenters. The fourth-order valence-electron chi connectivity index (χ4n) is 1.87. The van der Waals surface area contributed by atoms with Gasteiger partial charge in [-0.05, 0) is 31.0 Å². The number of nitrogens with zero attached hydrogens (tertiary/aromatic N) is 1. The van der Waals surface area contributed by atoms with Gasteiger partial charge < -0.3 is 4.98 Å². The second kappa shape index (κ2) is 5.72. The number of sulfonamides is 1. The van der Waals surface area contributed by atoms with Crippen molar-refractivity contribution in [2.45, 2.75) is 31.2 Å². The van der Waals surface area contributed by atoms with Crippen LogP contribution in [0.5, 0.6) is 0 Å². The van der Waals surface area contributed by atoms with E-state index in [0.29, 0.717) is 17.8 Å². The Hall–Kier alpha value is -1.73. The third-order valence-electron chi connectivity index (χ3n) is 2.93. The van der Waals surface area contributed by atoms with E-state index in [1.807, 2.05) is 6.92 Å². The highest BCUT2D eigenvalue weighted by Crippen LogP contribution is 2.20. The first-order valence-electron chi connectivity index (χ1n) is 6.22. The Morgan fingerprint density at radius 1 is 1.45 bits per heavy atom. The smallest absolute Gasteiger partial charge is 0.244 e. The number of benzene rings is 1. The number of hydrogen-bond acceptors (Lipinski definition) is 3. The number of halogens is 1. The van der Waals surface area contributed by atoms with Gasteiger partial charge in [-0.25, -0.2) is 22.5 Å². The summed E-state index contributed by atoms with van der Waals surface area (Å²) in [5.41, 5.74) is 0.679. The molecule has 0 fully saturated rings. The Labute approximate surface area is 117 Å². The van der Waals surface area contributed by atoms with E-state index in [2.05, 4.69) is 14.7 Å². The van der Waals surface area contributed by atoms with Crippen LogP contribution in [-0.4, -0.2) is 18.4 Å². The molecule has 108 valence electrons. The van der Waals surface area contributed by atoms with E-state index in [0.717, 1.165) is 6.07 Å². The van der Waals surface area contributed by atoms with Crippen molar-refractivity contribution in [3.63, 3.8) is 0 Å². The van der Waals surface area contributed by atoms with Gasteiger partial charge in [-0.2, -0.15) is 0 Å². The minimum Gasteiger partial charge on any atom is -0.347 e. The second-order valence-corrected chi connectivity index (χ2v) is 6.17. The first-order chi connectivity index (χ1) is 9.44. The maximum Gasteiger partial charge on any atom is 0.244 e. The SMILES string of the molecule is CCC(NS(=O)(=O)c1cc(C)ccc1F)c1ncc[nH]1. The molecule has 1 heterocycles. The van der Waals surface area contributed by atoms with Gasteiger partial charge >= 0.3 is 0 Å². The van der Waals surface area contributed by atoms with Crippen LogP contribution in [0.3, 0.4) is 0 Å². The third-order valence-corrected chi connectivity index (χ3v) is 4.42. The minimum atomic E-state index is -3.94. The van der Waals surface area contributed by atoms with Crippen LogP contribution < -0.4 is 4.72 Å². The van der Waals surface area contributed by atoms with Gasteiger partial charge in [-0.1, -0.05) is 13.0 Å². The predicted molar refractivity (Wildman–Crippen MR) is 73.1 cm³/mol. The molecular formula is C13H16FN3O2S. The predicted octanol–water partition coefficient (Wildman–Crippen LogP) is 2.29. The molecule has 0 spiro atoms. The lowest BCUT2D eigenvalue weighted by Crippen LogP contribution is -2.29. The summed E-state index contributed by atoms with van der Waals surface area (Å²) in [6.07, 6.45) is 3.65. The maximum absolute atomic E-state index is 13.7. The number of rotatable bonds is 5. The number of nitrogens with one attached hydrogen (secondary N) is 2. The summed E-state index contributed by atoms with van der Waals surface area (Å²) in [5.74, 6) is -0.262. The van der Waals surface area contributed by atoms with Crippen molar-refractivity contribution in [1.82, 2.24) is 14.7 Å². The minimum absolute atomic E-state index is 0.345. The van der Waals surface area contributed by atoms with Crippen molar-refractivity contribution >= 4 is 10.0 Å². The van der Waals surface area contributed by atoms with E-state index in [-0.39, 0.29) is 4.90 Å². The summed E-state index contributed by atoms with van der Waals surface area (Å²) in [6, 6.07) is 3.47. The molecule has 0 bridgehead atoms. The van der Waals surface area contributed by atoms with Crippen LogP contribution in [0.2, 0.25) is 0 Å². The van der Waals surface area contributed by atoms with E-state index in [1.165, 1.54) is 12.1 Å². The van der Waals surface area contributed by atoms with Crippen molar-refractivity contribution < 1.29 is 12.8 Å². The summed E-state index contributed by atoms with van der Waals surface area (Å²) in [7, 11) is -3.94. The maximum atomic E-state index is 13.7. The second-order valence-electron chi connectivity index (χ2n) is 4.49. The largest absolute Gasteiger partial charge is 0.347 e. The lowest BCUT2D eigenvalue weighted by Gasteiger charge is -2.15. The molecule has 2 N–H and O–H groups in total. The van der Waals surface area contributed by atoms with Gasteiger partial charge in [0.2, 0.25) is 10.0 Å². The molecule has 0 radical (unpaired) electrons. The van der Waals surface area contributed by atoms with Crippen molar-refractivity contribution in [1.29, 1.82) is 0 Å². The topological polar surface area (TPSA) is 74.8 Å². The molecule has 1 aromatic heterocycles. The van der Waals surface area contributed by atoms with Crippen molar-refractivity contribution in [2.75, 3.05) is 0 Å². The van der Waals surface area contributed by atoms with Crippen molar-refractivity contribution in [3.05, 3.63) is 47.8 Å². The monoisotopic (exact) mass is 297 g/mol. The highest BCUT2D eigenvalue weighted by Gasteiger charge is 2.24. The van der Waals surface area contributed by atoms with Gasteiger partial charge in [0, 0.05) is 12.4 Å². The Bertz CT molecular complexity index is 684. The Balaban J connectivity index is 2.33. The number of H-pyrrole nitrogens is 1. The van der Waals surface area contributed by atoms with Crippen LogP contribution in [0.1, 0.15) is 30.8 Å². The molecule has 0 amide bonds. The van der Waals surface area contributed by atoms with Gasteiger partial charge in [0.05, 0.1) is 6.04 Å². The highest BCUT2D eigenvalue weighted by atomic mass is 32.2. The molecule has 0 saturated heterocycles. The van der Waals surface area contributed by atoms with E-state index < -0.39 is 21.9 Å². The number of aryl methyl sites for hydroxylation is 1. The van der Waals surface area contributed by atoms with Crippen molar-refractivity contribution in [3.8, 4) is 0 Å². The quantitative estimate of drug-likeness (QED) is 0.889. The average molecular weight is 297 g/mol. The zero-order chi connectivity index (χ0) is 14.8. The Morgan fingerprint density at radius 3 is 2.80 bits per heavy atom. The fraction of sp³-hybridized carbons (Fsp3) is 0.308. The van der Waals surface area contributed by atoms with Crippen LogP contribution in [0.4, 0.5) is 4.39 Å². The summed E-state index contributed by atoms with van der Waals surface area (Å²) < 4.78 is 40.7. The molecule has 0 aliphatic rings. The Kier molecular flexibility index (Phi) is 4.20. The molecule has 5 nitrogen and oxygen atoms in total. The molecule has 0 aliphatic carbocycles. The van der Waals surface area contributed by atoms with E-state index in [4.69, 9.17) is 0 Å². The molecular weight excluding hydrogens is 281 g/mol. The fourth-order valence-corrected chi connectivity index (χ4v) is 3.31. The summed E-state index contributed by atoms with van der Waals surface area (Å²) in [6.45, 7) is 3.53. The Morgan fingerprint density at radius 2 is 2.20 bits per heavy atom. The molecule has 2 rings (SSSR count). The van der Waals surface area contributed by atoms with Gasteiger partial charge in [0.15, 0.2) is 0 Å². The molecule has 0 aliphatic heterocycles. The van der Waals surface area contributed by atoms with Crippen LogP contribution in [-0.2, 0) is 10.0 Å². The lowest BCUT2D eigenvalue weighted by atomic mass is 10.2. The standard InChI is InChI=1S/C13H16FN3O2S/c1-3-11(13-15-6-7-16-13)17-20(18,19)12-8-9(2)4-5-10(12)14/h4-8,11,17H,3H2,1-2H3,(H,15,16). The van der Waals surface area contributed by atoms with E-state index in [9.17, 15) is 12.8 Å². The van der Waals surface area contributed by atoms with Gasteiger partial charge in [-0.15, -0.1) is 0 Å². The molecule has 7 heteroatoms. The number of aromatic nitrogens is 2. The number of hydrogen-bond donors (Lipinski definition) is 2. The molecule has 0 saturated carbocycles. The molecule has 20 heavy (non-hydrogen) atoms.